The molecule has 0 radical (unpaired) electrons. The fourth-order valence-electron chi connectivity index (χ4n) is 2.76. The average Bonchev–Trinajstić information content (AvgIpc) is 3.15. The van der Waals surface area contributed by atoms with E-state index >= 15 is 0 Å². The molecule has 2 aromatic rings. The number of carbonyl (C=O) groups excluding carboxylic acids is 1. The van der Waals surface area contributed by atoms with Gasteiger partial charge in [-0.2, -0.15) is 0 Å². The lowest BCUT2D eigenvalue weighted by Gasteiger charge is -2.17. The van der Waals surface area contributed by atoms with Crippen molar-refractivity contribution in [3.63, 3.8) is 0 Å². The topological polar surface area (TPSA) is 58.8 Å². The molecule has 6 nitrogen and oxygen atoms in total. The van der Waals surface area contributed by atoms with Crippen molar-refractivity contribution in [3.8, 4) is 5.75 Å². The van der Waals surface area contributed by atoms with Crippen molar-refractivity contribution < 1.29 is 13.9 Å². The van der Waals surface area contributed by atoms with Crippen LogP contribution in [0.4, 0.5) is 0 Å². The van der Waals surface area contributed by atoms with E-state index < -0.39 is 0 Å². The zero-order chi connectivity index (χ0) is 17.1. The molecule has 1 aliphatic heterocycles. The highest BCUT2D eigenvalue weighted by molar-refractivity contribution is 6.32. The van der Waals surface area contributed by atoms with Gasteiger partial charge in [0.05, 0.1) is 24.1 Å². The van der Waals surface area contributed by atoms with Gasteiger partial charge in [0, 0.05) is 31.8 Å². The first-order valence-corrected chi connectivity index (χ1v) is 8.19. The Morgan fingerprint density at radius 3 is 3.04 bits per heavy atom. The number of amides is 1. The summed E-state index contributed by atoms with van der Waals surface area (Å²) in [6, 6.07) is 5.38. The molecule has 0 aliphatic carbocycles. The quantitative estimate of drug-likeness (QED) is 0.830. The number of halogens is 1. The van der Waals surface area contributed by atoms with E-state index in [1.807, 2.05) is 26.2 Å². The largest absolute Gasteiger partial charge is 0.488 e. The first-order chi connectivity index (χ1) is 11.5. The highest BCUT2D eigenvalue weighted by atomic mass is 35.5. The maximum absolute atomic E-state index is 12.4. The number of rotatable bonds is 5. The molecule has 0 aromatic carbocycles. The van der Waals surface area contributed by atoms with Gasteiger partial charge in [0.1, 0.15) is 11.9 Å². The smallest absolute Gasteiger partial charge is 0.258 e. The molecule has 7 heteroatoms. The van der Waals surface area contributed by atoms with Gasteiger partial charge in [-0.05, 0) is 37.8 Å². The van der Waals surface area contributed by atoms with Crippen LogP contribution in [0.15, 0.2) is 35.1 Å². The van der Waals surface area contributed by atoms with Crippen LogP contribution in [-0.2, 0) is 6.54 Å². The molecule has 3 rings (SSSR count). The van der Waals surface area contributed by atoms with Crippen LogP contribution in [0.25, 0.3) is 0 Å². The molecule has 1 atom stereocenters. The Kier molecular flexibility index (Phi) is 5.06. The van der Waals surface area contributed by atoms with E-state index in [-0.39, 0.29) is 17.2 Å². The Balaban J connectivity index is 1.60. The van der Waals surface area contributed by atoms with Crippen LogP contribution in [0.5, 0.6) is 5.75 Å². The highest BCUT2D eigenvalue weighted by Gasteiger charge is 2.30. The van der Waals surface area contributed by atoms with Gasteiger partial charge in [-0.15, -0.1) is 0 Å². The van der Waals surface area contributed by atoms with Crippen molar-refractivity contribution >= 4 is 17.5 Å². The summed E-state index contributed by atoms with van der Waals surface area (Å²) in [7, 11) is 3.99. The summed E-state index contributed by atoms with van der Waals surface area (Å²) in [5, 5.41) is 0.131. The van der Waals surface area contributed by atoms with E-state index in [0.717, 1.165) is 24.4 Å². The summed E-state index contributed by atoms with van der Waals surface area (Å²) >= 11 is 5.88. The molecule has 0 N–H and O–H groups in total. The van der Waals surface area contributed by atoms with Crippen LogP contribution in [0.1, 0.15) is 22.5 Å². The SMILES string of the molecule is CN(C)Cc1cc(OC2CCN(C(=O)c3ccoc3Cl)C2)ccn1. The summed E-state index contributed by atoms with van der Waals surface area (Å²) in [6.07, 6.45) is 3.92. The van der Waals surface area contributed by atoms with E-state index in [0.29, 0.717) is 18.7 Å². The summed E-state index contributed by atoms with van der Waals surface area (Å²) in [5.41, 5.74) is 1.35. The van der Waals surface area contributed by atoms with Gasteiger partial charge in [-0.1, -0.05) is 0 Å². The van der Waals surface area contributed by atoms with Gasteiger partial charge in [0.25, 0.3) is 5.91 Å². The number of likely N-dealkylation sites (tertiary alicyclic amines) is 1. The van der Waals surface area contributed by atoms with Crippen molar-refractivity contribution in [3.05, 3.63) is 47.1 Å². The van der Waals surface area contributed by atoms with Crippen LogP contribution < -0.4 is 4.74 Å². The molecule has 0 bridgehead atoms. The molecule has 128 valence electrons. The molecule has 3 heterocycles. The molecule has 1 aliphatic rings. The Morgan fingerprint density at radius 2 is 2.33 bits per heavy atom. The highest BCUT2D eigenvalue weighted by Crippen LogP contribution is 2.23. The number of aromatic nitrogens is 1. The zero-order valence-corrected chi connectivity index (χ0v) is 14.5. The van der Waals surface area contributed by atoms with Gasteiger partial charge in [0.15, 0.2) is 0 Å². The molecule has 0 spiro atoms. The summed E-state index contributed by atoms with van der Waals surface area (Å²) in [5.74, 6) is 0.658. The van der Waals surface area contributed by atoms with Gasteiger partial charge in [-0.25, -0.2) is 0 Å². The first-order valence-electron chi connectivity index (χ1n) is 7.81. The van der Waals surface area contributed by atoms with E-state index in [1.165, 1.54) is 6.26 Å². The van der Waals surface area contributed by atoms with Crippen LogP contribution in [0.2, 0.25) is 5.22 Å². The number of pyridine rings is 1. The molecular weight excluding hydrogens is 330 g/mol. The Labute approximate surface area is 146 Å². The number of carbonyl (C=O) groups is 1. The maximum atomic E-state index is 12.4. The number of nitrogens with zero attached hydrogens (tertiary/aromatic N) is 3. The van der Waals surface area contributed by atoms with Crippen LogP contribution in [0, 0.1) is 0 Å². The molecular formula is C17H20ClN3O3. The number of ether oxygens (including phenoxy) is 1. The minimum atomic E-state index is -0.122. The van der Waals surface area contributed by atoms with Crippen LogP contribution >= 0.6 is 11.6 Å². The fourth-order valence-corrected chi connectivity index (χ4v) is 2.95. The predicted molar refractivity (Wildman–Crippen MR) is 90.3 cm³/mol. The fraction of sp³-hybridized carbons (Fsp3) is 0.412. The minimum Gasteiger partial charge on any atom is -0.488 e. The average molecular weight is 350 g/mol. The lowest BCUT2D eigenvalue weighted by atomic mass is 10.3. The molecule has 1 amide bonds. The number of furan rings is 1. The maximum Gasteiger partial charge on any atom is 0.258 e. The third kappa shape index (κ3) is 3.88. The van der Waals surface area contributed by atoms with E-state index in [1.54, 1.807) is 17.2 Å². The Morgan fingerprint density at radius 1 is 1.50 bits per heavy atom. The van der Waals surface area contributed by atoms with Crippen LogP contribution in [0.3, 0.4) is 0 Å². The molecule has 1 saturated heterocycles. The minimum absolute atomic E-state index is 0.0331. The molecule has 1 unspecified atom stereocenters. The molecule has 0 saturated carbocycles. The van der Waals surface area contributed by atoms with E-state index in [9.17, 15) is 4.79 Å². The predicted octanol–water partition coefficient (Wildman–Crippen LogP) is 2.68. The molecule has 2 aromatic heterocycles. The molecule has 24 heavy (non-hydrogen) atoms. The number of hydrogen-bond acceptors (Lipinski definition) is 5. The zero-order valence-electron chi connectivity index (χ0n) is 13.7. The first kappa shape index (κ1) is 16.8. The van der Waals surface area contributed by atoms with Crippen LogP contribution in [-0.4, -0.2) is 54.0 Å². The lowest BCUT2D eigenvalue weighted by molar-refractivity contribution is 0.0772. The van der Waals surface area contributed by atoms with E-state index in [2.05, 4.69) is 9.88 Å². The second kappa shape index (κ2) is 7.23. The second-order valence-corrected chi connectivity index (χ2v) is 6.45. The normalized spacial score (nSPS) is 17.5. The summed E-state index contributed by atoms with van der Waals surface area (Å²) in [4.78, 5) is 20.5. The summed E-state index contributed by atoms with van der Waals surface area (Å²) < 4.78 is 11.0. The summed E-state index contributed by atoms with van der Waals surface area (Å²) in [6.45, 7) is 1.93. The standard InChI is InChI=1S/C17H20ClN3O3/c1-20(2)10-12-9-13(3-6-19-12)24-14-4-7-21(11-14)17(22)15-5-8-23-16(15)18/h3,5-6,8-9,14H,4,7,10-11H2,1-2H3. The second-order valence-electron chi connectivity index (χ2n) is 6.11. The van der Waals surface area contributed by atoms with Gasteiger partial charge in [-0.3, -0.25) is 9.78 Å². The third-order valence-corrected chi connectivity index (χ3v) is 4.14. The van der Waals surface area contributed by atoms with Gasteiger partial charge in [0.2, 0.25) is 5.22 Å². The van der Waals surface area contributed by atoms with Gasteiger partial charge < -0.3 is 19.0 Å². The Hall–Kier alpha value is -2.05. The van der Waals surface area contributed by atoms with E-state index in [4.69, 9.17) is 20.8 Å². The van der Waals surface area contributed by atoms with Crippen molar-refractivity contribution in [1.29, 1.82) is 0 Å². The van der Waals surface area contributed by atoms with Gasteiger partial charge >= 0.3 is 0 Å². The van der Waals surface area contributed by atoms with Crippen molar-refractivity contribution in [1.82, 2.24) is 14.8 Å². The third-order valence-electron chi connectivity index (χ3n) is 3.85. The van der Waals surface area contributed by atoms with Crippen molar-refractivity contribution in [2.45, 2.75) is 19.1 Å². The molecule has 1 fully saturated rings. The number of hydrogen-bond donors (Lipinski definition) is 0. The lowest BCUT2D eigenvalue weighted by Crippen LogP contribution is -2.30. The Bertz CT molecular complexity index is 717. The monoisotopic (exact) mass is 349 g/mol. The van der Waals surface area contributed by atoms with Crippen molar-refractivity contribution in [2.24, 2.45) is 0 Å². The van der Waals surface area contributed by atoms with Crippen molar-refractivity contribution in [2.75, 3.05) is 27.2 Å².